The summed E-state index contributed by atoms with van der Waals surface area (Å²) in [6, 6.07) is 0. The largest absolute Gasteiger partial charge is 0.472 e. The highest BCUT2D eigenvalue weighted by Gasteiger charge is 2.30. The molecule has 0 saturated carbocycles. The van der Waals surface area contributed by atoms with E-state index in [0.29, 0.717) is 25.7 Å². The smallest absolute Gasteiger partial charge is 0.462 e. The van der Waals surface area contributed by atoms with Crippen molar-refractivity contribution in [3.05, 3.63) is 0 Å². The molecule has 0 spiro atoms. The van der Waals surface area contributed by atoms with Gasteiger partial charge in [-0.25, -0.2) is 9.13 Å². The van der Waals surface area contributed by atoms with E-state index in [-0.39, 0.29) is 25.7 Å². The molecule has 612 valence electrons. The van der Waals surface area contributed by atoms with Crippen LogP contribution in [0.25, 0.3) is 0 Å². The van der Waals surface area contributed by atoms with Gasteiger partial charge in [-0.1, -0.05) is 383 Å². The Kier molecular flexibility index (Phi) is 71.5. The summed E-state index contributed by atoms with van der Waals surface area (Å²) in [7, 11) is -9.93. The highest BCUT2D eigenvalue weighted by molar-refractivity contribution is 7.47. The van der Waals surface area contributed by atoms with Crippen LogP contribution >= 0.6 is 15.6 Å². The summed E-state index contributed by atoms with van der Waals surface area (Å²) in [5.74, 6) is 1.09. The predicted molar refractivity (Wildman–Crippen MR) is 423 cm³/mol. The van der Waals surface area contributed by atoms with E-state index in [1.165, 1.54) is 231 Å². The van der Waals surface area contributed by atoms with E-state index in [1.807, 2.05) is 0 Å². The number of rotatable bonds is 81. The Morgan fingerprint density at radius 2 is 0.466 bits per heavy atom. The standard InChI is InChI=1S/C84H164O17P2/c1-9-75(6)61-53-45-37-31-24-20-16-14-12-13-15-17-23-27-34-40-50-58-66-83(88)101-80(71-95-82(87)65-57-49-43-42-47-55-63-77(8)11-3)73-99-103(92,93)97-69-78(85)68-96-102(90,91)98-72-79(100-84(89)67-59-51-41-35-29-28-30-36-44-52-60-74(4)5)70-94-81(86)64-56-48-39-33-26-22-19-18-21-25-32-38-46-54-62-76(7)10-2/h74-80,85H,9-73H2,1-8H3,(H,90,91)(H,92,93)/t75?,76?,77?,78-,79-,80-/m1/s1. The van der Waals surface area contributed by atoms with Crippen LogP contribution in [-0.2, 0) is 65.4 Å². The molecule has 0 amide bonds. The number of aliphatic hydroxyl groups excluding tert-OH is 1. The van der Waals surface area contributed by atoms with Gasteiger partial charge in [0.1, 0.15) is 19.3 Å². The first-order valence-electron chi connectivity index (χ1n) is 43.3. The Morgan fingerprint density at radius 3 is 0.689 bits per heavy atom. The molecule has 0 aromatic heterocycles. The molecular weight excluding hydrogens is 1340 g/mol. The Bertz CT molecular complexity index is 2010. The molecule has 0 fully saturated rings. The second kappa shape index (κ2) is 72.9. The second-order valence-electron chi connectivity index (χ2n) is 31.4. The number of ether oxygens (including phenoxy) is 4. The van der Waals surface area contributed by atoms with Crippen molar-refractivity contribution in [2.45, 2.75) is 453 Å². The first-order valence-corrected chi connectivity index (χ1v) is 46.3. The van der Waals surface area contributed by atoms with E-state index in [0.717, 1.165) is 120 Å². The molecule has 8 atom stereocenters. The summed E-state index contributed by atoms with van der Waals surface area (Å²) < 4.78 is 68.8. The first-order chi connectivity index (χ1) is 49.7. The minimum Gasteiger partial charge on any atom is -0.462 e. The fourth-order valence-corrected chi connectivity index (χ4v) is 14.4. The summed E-state index contributed by atoms with van der Waals surface area (Å²) in [6.45, 7) is 14.3. The first kappa shape index (κ1) is 101. The predicted octanol–water partition coefficient (Wildman–Crippen LogP) is 25.2. The normalized spacial score (nSPS) is 14.8. The van der Waals surface area contributed by atoms with Gasteiger partial charge in [-0.05, 0) is 49.4 Å². The van der Waals surface area contributed by atoms with Crippen LogP contribution in [0.1, 0.15) is 434 Å². The minimum atomic E-state index is -4.96. The number of carbonyl (C=O) groups is 4. The van der Waals surface area contributed by atoms with Gasteiger partial charge >= 0.3 is 39.5 Å². The molecule has 0 aliphatic heterocycles. The van der Waals surface area contributed by atoms with Crippen LogP contribution in [0.5, 0.6) is 0 Å². The molecule has 3 N–H and O–H groups in total. The van der Waals surface area contributed by atoms with Gasteiger partial charge in [-0.3, -0.25) is 37.3 Å². The zero-order valence-corrected chi connectivity index (χ0v) is 69.7. The molecule has 0 aromatic carbocycles. The molecule has 17 nitrogen and oxygen atoms in total. The molecular formula is C84H164O17P2. The van der Waals surface area contributed by atoms with Gasteiger partial charge in [0.25, 0.3) is 0 Å². The Balaban J connectivity index is 5.19. The summed E-state index contributed by atoms with van der Waals surface area (Å²) in [6.07, 6.45) is 61.1. The number of phosphoric ester groups is 2. The SMILES string of the molecule is CCC(C)CCCCCCCCCCCCCCCCCCCCC(=O)O[C@H](COC(=O)CCCCCCCCC(C)CC)COP(=O)(O)OC[C@H](O)COP(=O)(O)OC[C@@H](COC(=O)CCCCCCCCCCCCCCCCC(C)CC)OC(=O)CCCCCCCCCCCCC(C)C. The van der Waals surface area contributed by atoms with Gasteiger partial charge in [-0.15, -0.1) is 0 Å². The third-order valence-corrected chi connectivity index (χ3v) is 22.6. The number of phosphoric acid groups is 2. The summed E-state index contributed by atoms with van der Waals surface area (Å²) in [5, 5.41) is 10.7. The number of hydrogen-bond donors (Lipinski definition) is 3. The molecule has 0 aliphatic rings. The Labute approximate surface area is 632 Å². The van der Waals surface area contributed by atoms with Gasteiger partial charge in [-0.2, -0.15) is 0 Å². The van der Waals surface area contributed by atoms with Crippen molar-refractivity contribution >= 4 is 39.5 Å². The van der Waals surface area contributed by atoms with Crippen LogP contribution in [0.4, 0.5) is 0 Å². The van der Waals surface area contributed by atoms with Gasteiger partial charge < -0.3 is 33.8 Å². The molecule has 0 saturated heterocycles. The zero-order chi connectivity index (χ0) is 76.0. The van der Waals surface area contributed by atoms with E-state index < -0.39 is 97.5 Å². The average Bonchev–Trinajstić information content (AvgIpc) is 0.909. The fourth-order valence-electron chi connectivity index (χ4n) is 12.9. The van der Waals surface area contributed by atoms with E-state index in [4.69, 9.17) is 37.0 Å². The number of hydrogen-bond acceptors (Lipinski definition) is 15. The van der Waals surface area contributed by atoms with Crippen molar-refractivity contribution in [3.8, 4) is 0 Å². The van der Waals surface area contributed by atoms with Crippen LogP contribution in [0.15, 0.2) is 0 Å². The van der Waals surface area contributed by atoms with Crippen molar-refractivity contribution < 1.29 is 80.2 Å². The third-order valence-electron chi connectivity index (χ3n) is 20.7. The van der Waals surface area contributed by atoms with Gasteiger partial charge in [0.05, 0.1) is 26.4 Å². The van der Waals surface area contributed by atoms with Crippen molar-refractivity contribution in [3.63, 3.8) is 0 Å². The van der Waals surface area contributed by atoms with Gasteiger partial charge in [0.15, 0.2) is 12.2 Å². The maximum Gasteiger partial charge on any atom is 0.472 e. The van der Waals surface area contributed by atoms with Crippen molar-refractivity contribution in [2.24, 2.45) is 23.7 Å². The van der Waals surface area contributed by atoms with Crippen LogP contribution in [-0.4, -0.2) is 96.7 Å². The summed E-state index contributed by atoms with van der Waals surface area (Å²) in [4.78, 5) is 73.1. The van der Waals surface area contributed by atoms with E-state index in [9.17, 15) is 43.2 Å². The second-order valence-corrected chi connectivity index (χ2v) is 34.3. The maximum absolute atomic E-state index is 13.1. The van der Waals surface area contributed by atoms with Gasteiger partial charge in [0.2, 0.25) is 0 Å². The molecule has 0 bridgehead atoms. The molecule has 103 heavy (non-hydrogen) atoms. The van der Waals surface area contributed by atoms with Crippen LogP contribution in [0.2, 0.25) is 0 Å². The summed E-state index contributed by atoms with van der Waals surface area (Å²) >= 11 is 0. The lowest BCUT2D eigenvalue weighted by atomic mass is 9.99. The molecule has 5 unspecified atom stereocenters. The Morgan fingerprint density at radius 1 is 0.272 bits per heavy atom. The van der Waals surface area contributed by atoms with Crippen molar-refractivity contribution in [1.82, 2.24) is 0 Å². The molecule has 0 rings (SSSR count). The highest BCUT2D eigenvalue weighted by Crippen LogP contribution is 2.45. The third kappa shape index (κ3) is 74.0. The number of carbonyl (C=O) groups excluding carboxylic acids is 4. The number of unbranched alkanes of at least 4 members (excludes halogenated alkanes) is 44. The number of aliphatic hydroxyl groups is 1. The molecule has 19 heteroatoms. The topological polar surface area (TPSA) is 237 Å². The van der Waals surface area contributed by atoms with E-state index in [2.05, 4.69) is 55.4 Å². The van der Waals surface area contributed by atoms with Gasteiger partial charge in [0, 0.05) is 25.7 Å². The molecule has 0 aromatic rings. The lowest BCUT2D eigenvalue weighted by Crippen LogP contribution is -2.30. The van der Waals surface area contributed by atoms with Crippen LogP contribution in [0, 0.1) is 23.7 Å². The van der Waals surface area contributed by atoms with Crippen LogP contribution in [0.3, 0.4) is 0 Å². The Hall–Kier alpha value is -1.94. The van der Waals surface area contributed by atoms with Crippen molar-refractivity contribution in [2.75, 3.05) is 39.6 Å². The molecule has 0 heterocycles. The zero-order valence-electron chi connectivity index (χ0n) is 68.0. The average molecular weight is 1510 g/mol. The maximum atomic E-state index is 13.1. The number of esters is 4. The summed E-state index contributed by atoms with van der Waals surface area (Å²) in [5.41, 5.74) is 0. The van der Waals surface area contributed by atoms with Crippen molar-refractivity contribution in [1.29, 1.82) is 0 Å². The van der Waals surface area contributed by atoms with E-state index >= 15 is 0 Å². The monoisotopic (exact) mass is 1510 g/mol. The highest BCUT2D eigenvalue weighted by atomic mass is 31.2. The minimum absolute atomic E-state index is 0.106. The van der Waals surface area contributed by atoms with Crippen LogP contribution < -0.4 is 0 Å². The molecule has 0 aliphatic carbocycles. The fraction of sp³-hybridized carbons (Fsp3) is 0.952. The van der Waals surface area contributed by atoms with E-state index in [1.54, 1.807) is 0 Å². The lowest BCUT2D eigenvalue weighted by molar-refractivity contribution is -0.161. The quantitative estimate of drug-likeness (QED) is 0.0222. The molecule has 0 radical (unpaired) electrons. The lowest BCUT2D eigenvalue weighted by Gasteiger charge is -2.21.